The third-order valence-corrected chi connectivity index (χ3v) is 6.79. The van der Waals surface area contributed by atoms with Gasteiger partial charge >= 0.3 is 0 Å². The predicted octanol–water partition coefficient (Wildman–Crippen LogP) is 4.18. The minimum atomic E-state index is 0.371. The molecule has 0 spiro atoms. The second kappa shape index (κ2) is 7.06. The van der Waals surface area contributed by atoms with Gasteiger partial charge in [-0.25, -0.2) is 4.98 Å². The van der Waals surface area contributed by atoms with E-state index in [9.17, 15) is 0 Å². The maximum Gasteiger partial charge on any atom is 0.122 e. The largest absolute Gasteiger partial charge is 0.493 e. The molecule has 1 aromatic carbocycles. The molecule has 1 unspecified atom stereocenters. The van der Waals surface area contributed by atoms with Gasteiger partial charge in [0.25, 0.3) is 0 Å². The highest BCUT2D eigenvalue weighted by molar-refractivity contribution is 7.11. The van der Waals surface area contributed by atoms with Gasteiger partial charge in [-0.1, -0.05) is 18.2 Å². The molecule has 4 nitrogen and oxygen atoms in total. The molecule has 0 saturated carbocycles. The lowest BCUT2D eigenvalue weighted by Gasteiger charge is -2.32. The van der Waals surface area contributed by atoms with Crippen LogP contribution in [0.2, 0.25) is 0 Å². The number of ether oxygens (including phenoxy) is 1. The van der Waals surface area contributed by atoms with Crippen LogP contribution in [0.1, 0.15) is 45.2 Å². The van der Waals surface area contributed by atoms with Crippen molar-refractivity contribution in [2.45, 2.75) is 38.8 Å². The Kier molecular flexibility index (Phi) is 4.42. The van der Waals surface area contributed by atoms with E-state index in [1.807, 2.05) is 29.8 Å². The van der Waals surface area contributed by atoms with Crippen molar-refractivity contribution in [1.82, 2.24) is 14.9 Å². The summed E-state index contributed by atoms with van der Waals surface area (Å²) in [6.07, 6.45) is 6.76. The normalized spacial score (nSPS) is 17.2. The third kappa shape index (κ3) is 3.37. The quantitative estimate of drug-likeness (QED) is 0.684. The highest BCUT2D eigenvalue weighted by Gasteiger charge is 2.26. The Hall–Kier alpha value is -2.24. The number of thiazole rings is 1. The number of hydrogen-bond acceptors (Lipinski definition) is 5. The van der Waals surface area contributed by atoms with Crippen LogP contribution >= 0.6 is 11.3 Å². The number of benzene rings is 1. The van der Waals surface area contributed by atoms with Crippen LogP contribution in [0.5, 0.6) is 5.75 Å². The molecule has 5 heteroatoms. The summed E-state index contributed by atoms with van der Waals surface area (Å²) in [7, 11) is 0. The zero-order valence-corrected chi connectivity index (χ0v) is 16.3. The zero-order chi connectivity index (χ0) is 18.2. The molecule has 3 aromatic rings. The standard InChI is InChI=1S/C22H23N3OS/c1-15(18-5-4-17-7-10-26-20(17)12-18)25-9-6-21-19(14-25)24-22(27-21)11-16-3-2-8-23-13-16/h2-5,8,12-13,15H,6-7,9-11,14H2,1H3. The molecule has 2 aliphatic heterocycles. The summed E-state index contributed by atoms with van der Waals surface area (Å²) in [6.45, 7) is 5.13. The lowest BCUT2D eigenvalue weighted by atomic mass is 10.0. The Balaban J connectivity index is 1.32. The fraction of sp³-hybridized carbons (Fsp3) is 0.364. The van der Waals surface area contributed by atoms with Crippen LogP contribution in [0.3, 0.4) is 0 Å². The molecule has 2 aromatic heterocycles. The first kappa shape index (κ1) is 16.9. The van der Waals surface area contributed by atoms with Crippen LogP contribution in [0, 0.1) is 0 Å². The summed E-state index contributed by atoms with van der Waals surface area (Å²) in [5.74, 6) is 1.07. The van der Waals surface area contributed by atoms with E-state index in [1.165, 1.54) is 32.3 Å². The van der Waals surface area contributed by atoms with Crippen LogP contribution in [0.15, 0.2) is 42.7 Å². The maximum atomic E-state index is 5.76. The van der Waals surface area contributed by atoms with Crippen molar-refractivity contribution in [3.05, 3.63) is 75.0 Å². The van der Waals surface area contributed by atoms with Gasteiger partial charge in [0.15, 0.2) is 0 Å². The Morgan fingerprint density at radius 1 is 1.26 bits per heavy atom. The lowest BCUT2D eigenvalue weighted by Crippen LogP contribution is -2.32. The van der Waals surface area contributed by atoms with E-state index in [1.54, 1.807) is 0 Å². The summed E-state index contributed by atoms with van der Waals surface area (Å²) in [4.78, 5) is 13.2. The molecule has 0 aliphatic carbocycles. The number of nitrogens with zero attached hydrogens (tertiary/aromatic N) is 3. The first-order valence-corrected chi connectivity index (χ1v) is 10.4. The average Bonchev–Trinajstić information content (AvgIpc) is 3.33. The summed E-state index contributed by atoms with van der Waals surface area (Å²) < 4.78 is 5.76. The van der Waals surface area contributed by atoms with E-state index in [0.717, 1.165) is 44.7 Å². The van der Waals surface area contributed by atoms with Gasteiger partial charge in [0, 0.05) is 49.2 Å². The van der Waals surface area contributed by atoms with Gasteiger partial charge in [-0.2, -0.15) is 0 Å². The molecule has 0 radical (unpaired) electrons. The van der Waals surface area contributed by atoms with Crippen molar-refractivity contribution in [3.8, 4) is 5.75 Å². The van der Waals surface area contributed by atoms with Crippen LogP contribution in [-0.2, 0) is 25.8 Å². The van der Waals surface area contributed by atoms with Crippen molar-refractivity contribution in [2.24, 2.45) is 0 Å². The molecule has 1 atom stereocenters. The van der Waals surface area contributed by atoms with E-state index in [4.69, 9.17) is 9.72 Å². The number of aromatic nitrogens is 2. The van der Waals surface area contributed by atoms with Gasteiger partial charge in [0.2, 0.25) is 0 Å². The SMILES string of the molecule is CC(c1ccc2c(c1)OCC2)N1CCc2sc(Cc3cccnc3)nc2C1. The maximum absolute atomic E-state index is 5.76. The van der Waals surface area contributed by atoms with E-state index in [0.29, 0.717) is 6.04 Å². The molecular weight excluding hydrogens is 354 g/mol. The molecular formula is C22H23N3OS. The Bertz CT molecular complexity index is 953. The number of hydrogen-bond donors (Lipinski definition) is 0. The number of pyridine rings is 1. The van der Waals surface area contributed by atoms with Crippen molar-refractivity contribution in [3.63, 3.8) is 0 Å². The summed E-state index contributed by atoms with van der Waals surface area (Å²) >= 11 is 1.87. The van der Waals surface area contributed by atoms with Crippen LogP contribution < -0.4 is 4.74 Å². The average molecular weight is 378 g/mol. The van der Waals surface area contributed by atoms with Gasteiger partial charge in [-0.3, -0.25) is 9.88 Å². The van der Waals surface area contributed by atoms with Gasteiger partial charge < -0.3 is 4.74 Å². The Morgan fingerprint density at radius 3 is 3.11 bits per heavy atom. The molecule has 4 heterocycles. The zero-order valence-electron chi connectivity index (χ0n) is 15.5. The van der Waals surface area contributed by atoms with Crippen molar-refractivity contribution in [1.29, 1.82) is 0 Å². The Labute approximate surface area is 163 Å². The number of fused-ring (bicyclic) bond motifs is 2. The van der Waals surface area contributed by atoms with Gasteiger partial charge in [0.05, 0.1) is 17.3 Å². The van der Waals surface area contributed by atoms with E-state index in [-0.39, 0.29) is 0 Å². The third-order valence-electron chi connectivity index (χ3n) is 5.63. The fourth-order valence-electron chi connectivity index (χ4n) is 4.01. The second-order valence-electron chi connectivity index (χ2n) is 7.38. The van der Waals surface area contributed by atoms with Gasteiger partial charge in [-0.15, -0.1) is 11.3 Å². The summed E-state index contributed by atoms with van der Waals surface area (Å²) in [5, 5.41) is 1.20. The molecule has 0 bridgehead atoms. The van der Waals surface area contributed by atoms with Gasteiger partial charge in [-0.05, 0) is 42.2 Å². The number of rotatable bonds is 4. The monoisotopic (exact) mass is 377 g/mol. The lowest BCUT2D eigenvalue weighted by molar-refractivity contribution is 0.190. The smallest absolute Gasteiger partial charge is 0.122 e. The fourth-order valence-corrected chi connectivity index (χ4v) is 5.11. The molecule has 5 rings (SSSR count). The molecule has 0 amide bonds. The van der Waals surface area contributed by atoms with Crippen molar-refractivity contribution < 1.29 is 4.74 Å². The van der Waals surface area contributed by atoms with Crippen molar-refractivity contribution >= 4 is 11.3 Å². The summed E-state index contributed by atoms with van der Waals surface area (Å²) in [6, 6.07) is 11.2. The molecule has 2 aliphatic rings. The topological polar surface area (TPSA) is 38.2 Å². The second-order valence-corrected chi connectivity index (χ2v) is 8.55. The van der Waals surface area contributed by atoms with Gasteiger partial charge in [0.1, 0.15) is 5.75 Å². The first-order chi connectivity index (χ1) is 13.3. The van der Waals surface area contributed by atoms with E-state index < -0.39 is 0 Å². The minimum Gasteiger partial charge on any atom is -0.493 e. The highest BCUT2D eigenvalue weighted by Crippen LogP contribution is 2.34. The predicted molar refractivity (Wildman–Crippen MR) is 107 cm³/mol. The molecule has 27 heavy (non-hydrogen) atoms. The molecule has 0 N–H and O–H groups in total. The van der Waals surface area contributed by atoms with Crippen LogP contribution in [0.25, 0.3) is 0 Å². The first-order valence-electron chi connectivity index (χ1n) is 9.62. The molecule has 0 saturated heterocycles. The summed E-state index contributed by atoms with van der Waals surface area (Å²) in [5.41, 5.74) is 5.16. The van der Waals surface area contributed by atoms with E-state index in [2.05, 4.69) is 41.1 Å². The van der Waals surface area contributed by atoms with Crippen LogP contribution in [-0.4, -0.2) is 28.0 Å². The Morgan fingerprint density at radius 2 is 2.22 bits per heavy atom. The van der Waals surface area contributed by atoms with Crippen LogP contribution in [0.4, 0.5) is 0 Å². The highest BCUT2D eigenvalue weighted by atomic mass is 32.1. The molecule has 0 fully saturated rings. The minimum absolute atomic E-state index is 0.371. The van der Waals surface area contributed by atoms with E-state index >= 15 is 0 Å². The van der Waals surface area contributed by atoms with Crippen molar-refractivity contribution in [2.75, 3.05) is 13.2 Å². The molecule has 138 valence electrons.